The van der Waals surface area contributed by atoms with Crippen molar-refractivity contribution in [3.8, 4) is 5.75 Å². The third-order valence-electron chi connectivity index (χ3n) is 4.77. The van der Waals surface area contributed by atoms with Crippen molar-refractivity contribution in [1.82, 2.24) is 10.0 Å². The number of sulfonamides is 1. The first-order valence-corrected chi connectivity index (χ1v) is 11.1. The molecule has 1 heterocycles. The largest absolute Gasteiger partial charge is 0.482 e. The summed E-state index contributed by atoms with van der Waals surface area (Å²) < 4.78 is 32.7. The predicted molar refractivity (Wildman–Crippen MR) is 115 cm³/mol. The number of aryl methyl sites for hydroxylation is 2. The molecule has 0 saturated carbocycles. The number of amides is 2. The van der Waals surface area contributed by atoms with Gasteiger partial charge in [-0.3, -0.25) is 24.6 Å². The fourth-order valence-electron chi connectivity index (χ4n) is 3.14. The Morgan fingerprint density at radius 2 is 1.94 bits per heavy atom. The number of hydrogen-bond acceptors (Lipinski definition) is 7. The third kappa shape index (κ3) is 5.21. The smallest absolute Gasteiger partial charge is 0.271 e. The molecule has 2 aromatic rings. The Balaban J connectivity index is 1.59. The first-order chi connectivity index (χ1) is 15.1. The van der Waals surface area contributed by atoms with Gasteiger partial charge in [0.15, 0.2) is 6.61 Å². The molecule has 0 spiro atoms. The van der Waals surface area contributed by atoms with E-state index in [-0.39, 0.29) is 48.3 Å². The quantitative estimate of drug-likeness (QED) is 0.338. The molecule has 12 heteroatoms. The zero-order valence-corrected chi connectivity index (χ0v) is 18.3. The summed E-state index contributed by atoms with van der Waals surface area (Å²) in [6, 6.07) is 8.87. The number of ether oxygens (including phenoxy) is 1. The molecule has 0 fully saturated rings. The minimum atomic E-state index is -3.75. The van der Waals surface area contributed by atoms with Gasteiger partial charge in [0.1, 0.15) is 12.3 Å². The molecule has 170 valence electrons. The van der Waals surface area contributed by atoms with Crippen molar-refractivity contribution < 1.29 is 27.7 Å². The van der Waals surface area contributed by atoms with E-state index < -0.39 is 26.8 Å². The lowest BCUT2D eigenvalue weighted by molar-refractivity contribution is -0.384. The van der Waals surface area contributed by atoms with E-state index in [0.29, 0.717) is 5.56 Å². The van der Waals surface area contributed by atoms with Crippen molar-refractivity contribution in [1.29, 1.82) is 0 Å². The standard InChI is InChI=1S/C20H22N4O7S/c1-13-3-4-14(2)18(9-13)32(29,30)22-8-7-21-19(25)11-23-16-10-15(24(27)28)5-6-17(16)31-12-20(23)26/h3-6,9-10,22H,7-8,11-12H2,1-2H3,(H,21,25). The minimum Gasteiger partial charge on any atom is -0.482 e. The van der Waals surface area contributed by atoms with Crippen LogP contribution in [-0.4, -0.2) is 51.4 Å². The zero-order chi connectivity index (χ0) is 23.5. The van der Waals surface area contributed by atoms with Gasteiger partial charge in [-0.25, -0.2) is 13.1 Å². The Bertz CT molecular complexity index is 1180. The van der Waals surface area contributed by atoms with Gasteiger partial charge in [0.05, 0.1) is 15.5 Å². The summed E-state index contributed by atoms with van der Waals surface area (Å²) in [7, 11) is -3.75. The van der Waals surface area contributed by atoms with E-state index in [1.54, 1.807) is 26.0 Å². The van der Waals surface area contributed by atoms with Crippen LogP contribution in [0.5, 0.6) is 5.75 Å². The summed E-state index contributed by atoms with van der Waals surface area (Å²) in [4.78, 5) is 36.2. The topological polar surface area (TPSA) is 148 Å². The van der Waals surface area contributed by atoms with Crippen LogP contribution in [0.1, 0.15) is 11.1 Å². The number of fused-ring (bicyclic) bond motifs is 1. The molecule has 1 aliphatic rings. The van der Waals surface area contributed by atoms with Gasteiger partial charge in [-0.2, -0.15) is 0 Å². The number of non-ortho nitro benzene ring substituents is 1. The van der Waals surface area contributed by atoms with E-state index in [4.69, 9.17) is 4.74 Å². The molecular weight excluding hydrogens is 440 g/mol. The second-order valence-electron chi connectivity index (χ2n) is 7.19. The van der Waals surface area contributed by atoms with Crippen LogP contribution in [0.4, 0.5) is 11.4 Å². The number of nitro groups is 1. The highest BCUT2D eigenvalue weighted by atomic mass is 32.2. The Kier molecular flexibility index (Phi) is 6.75. The first-order valence-electron chi connectivity index (χ1n) is 9.64. The lowest BCUT2D eigenvalue weighted by Crippen LogP contribution is -2.46. The molecule has 0 saturated heterocycles. The molecule has 2 N–H and O–H groups in total. The molecule has 11 nitrogen and oxygen atoms in total. The van der Waals surface area contributed by atoms with Crippen molar-refractivity contribution in [2.75, 3.05) is 31.1 Å². The summed E-state index contributed by atoms with van der Waals surface area (Å²) in [6.45, 7) is 2.73. The van der Waals surface area contributed by atoms with E-state index >= 15 is 0 Å². The second-order valence-corrected chi connectivity index (χ2v) is 8.93. The molecular formula is C20H22N4O7S. The molecule has 2 aromatic carbocycles. The Morgan fingerprint density at radius 1 is 1.19 bits per heavy atom. The number of nitro benzene ring substituents is 1. The van der Waals surface area contributed by atoms with E-state index in [0.717, 1.165) is 16.5 Å². The van der Waals surface area contributed by atoms with Crippen LogP contribution in [0, 0.1) is 24.0 Å². The van der Waals surface area contributed by atoms with Gasteiger partial charge in [0.25, 0.3) is 11.6 Å². The first kappa shape index (κ1) is 23.2. The maximum atomic E-state index is 12.5. The van der Waals surface area contributed by atoms with Gasteiger partial charge in [-0.05, 0) is 37.1 Å². The lowest BCUT2D eigenvalue weighted by Gasteiger charge is -2.28. The average molecular weight is 462 g/mol. The maximum absolute atomic E-state index is 12.5. The fraction of sp³-hybridized carbons (Fsp3) is 0.300. The number of benzene rings is 2. The van der Waals surface area contributed by atoms with Crippen molar-refractivity contribution in [3.05, 3.63) is 57.6 Å². The fourth-order valence-corrected chi connectivity index (χ4v) is 4.50. The number of nitrogens with one attached hydrogen (secondary N) is 2. The van der Waals surface area contributed by atoms with E-state index in [1.165, 1.54) is 12.1 Å². The number of rotatable bonds is 8. The van der Waals surface area contributed by atoms with E-state index in [2.05, 4.69) is 10.0 Å². The normalized spacial score (nSPS) is 13.3. The Morgan fingerprint density at radius 3 is 2.66 bits per heavy atom. The maximum Gasteiger partial charge on any atom is 0.271 e. The van der Waals surface area contributed by atoms with Crippen molar-refractivity contribution in [3.63, 3.8) is 0 Å². The molecule has 0 aliphatic carbocycles. The van der Waals surface area contributed by atoms with Gasteiger partial charge in [-0.15, -0.1) is 0 Å². The van der Waals surface area contributed by atoms with Crippen LogP contribution in [0.2, 0.25) is 0 Å². The summed E-state index contributed by atoms with van der Waals surface area (Å²) in [6.07, 6.45) is 0. The number of carbonyl (C=O) groups is 2. The molecule has 3 rings (SSSR count). The van der Waals surface area contributed by atoms with Crippen LogP contribution < -0.4 is 19.7 Å². The highest BCUT2D eigenvalue weighted by Crippen LogP contribution is 2.35. The minimum absolute atomic E-state index is 0.0107. The van der Waals surface area contributed by atoms with Crippen LogP contribution >= 0.6 is 0 Å². The number of hydrogen-bond donors (Lipinski definition) is 2. The highest BCUT2D eigenvalue weighted by Gasteiger charge is 2.29. The number of carbonyl (C=O) groups excluding carboxylic acids is 2. The summed E-state index contributed by atoms with van der Waals surface area (Å²) >= 11 is 0. The molecule has 32 heavy (non-hydrogen) atoms. The van der Waals surface area contributed by atoms with Crippen LogP contribution in [0.25, 0.3) is 0 Å². The van der Waals surface area contributed by atoms with Crippen LogP contribution in [0.3, 0.4) is 0 Å². The summed E-state index contributed by atoms with van der Waals surface area (Å²) in [5.74, 6) is -0.823. The van der Waals surface area contributed by atoms with Gasteiger partial charge in [0.2, 0.25) is 15.9 Å². The molecule has 0 bridgehead atoms. The van der Waals surface area contributed by atoms with E-state index in [9.17, 15) is 28.1 Å². The van der Waals surface area contributed by atoms with Gasteiger partial charge < -0.3 is 10.1 Å². The van der Waals surface area contributed by atoms with Crippen LogP contribution in [-0.2, 0) is 19.6 Å². The van der Waals surface area contributed by atoms with E-state index in [1.807, 2.05) is 6.07 Å². The van der Waals surface area contributed by atoms with Gasteiger partial charge in [-0.1, -0.05) is 12.1 Å². The molecule has 0 radical (unpaired) electrons. The van der Waals surface area contributed by atoms with Gasteiger partial charge in [0, 0.05) is 25.2 Å². The predicted octanol–water partition coefficient (Wildman–Crippen LogP) is 1.03. The molecule has 0 atom stereocenters. The zero-order valence-electron chi connectivity index (χ0n) is 17.5. The molecule has 2 amide bonds. The second kappa shape index (κ2) is 9.32. The van der Waals surface area contributed by atoms with Gasteiger partial charge >= 0.3 is 0 Å². The van der Waals surface area contributed by atoms with Crippen LogP contribution in [0.15, 0.2) is 41.3 Å². The van der Waals surface area contributed by atoms with Crippen molar-refractivity contribution in [2.24, 2.45) is 0 Å². The SMILES string of the molecule is Cc1ccc(C)c(S(=O)(=O)NCCNC(=O)CN2C(=O)COc3ccc([N+](=O)[O-])cc32)c1. The third-order valence-corrected chi connectivity index (χ3v) is 6.37. The molecule has 0 aromatic heterocycles. The summed E-state index contributed by atoms with van der Waals surface area (Å²) in [5, 5.41) is 13.6. The van der Waals surface area contributed by atoms with Crippen molar-refractivity contribution in [2.45, 2.75) is 18.7 Å². The lowest BCUT2D eigenvalue weighted by atomic mass is 10.2. The highest BCUT2D eigenvalue weighted by molar-refractivity contribution is 7.89. The molecule has 0 unspecified atom stereocenters. The Labute approximate surface area is 184 Å². The number of anilines is 1. The summed E-state index contributed by atoms with van der Waals surface area (Å²) in [5.41, 5.74) is 1.29. The average Bonchev–Trinajstić information content (AvgIpc) is 2.74. The molecule has 1 aliphatic heterocycles. The monoisotopic (exact) mass is 462 g/mol. The Hall–Kier alpha value is -3.51. The van der Waals surface area contributed by atoms with Crippen molar-refractivity contribution >= 4 is 33.2 Å². The number of nitrogens with zero attached hydrogens (tertiary/aromatic N) is 2.